The molecule has 21 heavy (non-hydrogen) atoms. The van der Waals surface area contributed by atoms with Crippen LogP contribution in [0.2, 0.25) is 0 Å². The van der Waals surface area contributed by atoms with Crippen LogP contribution in [0.1, 0.15) is 24.8 Å². The van der Waals surface area contributed by atoms with Gasteiger partial charge in [-0.05, 0) is 49.5 Å². The van der Waals surface area contributed by atoms with Crippen molar-refractivity contribution in [3.63, 3.8) is 0 Å². The van der Waals surface area contributed by atoms with Gasteiger partial charge in [-0.25, -0.2) is 0 Å². The molecule has 0 spiro atoms. The third-order valence-corrected chi connectivity index (χ3v) is 4.64. The fourth-order valence-corrected chi connectivity index (χ4v) is 3.36. The van der Waals surface area contributed by atoms with Gasteiger partial charge in [0.1, 0.15) is 0 Å². The Morgan fingerprint density at radius 2 is 1.76 bits per heavy atom. The fourth-order valence-electron chi connectivity index (χ4n) is 3.36. The number of nitrogens with zero attached hydrogens (tertiary/aromatic N) is 2. The van der Waals surface area contributed by atoms with E-state index in [4.69, 9.17) is 5.73 Å². The van der Waals surface area contributed by atoms with E-state index < -0.39 is 0 Å². The minimum absolute atomic E-state index is 0.854. The summed E-state index contributed by atoms with van der Waals surface area (Å²) in [7, 11) is 0. The second kappa shape index (κ2) is 7.25. The van der Waals surface area contributed by atoms with Crippen LogP contribution in [0.4, 0.5) is 5.69 Å². The van der Waals surface area contributed by atoms with Gasteiger partial charge >= 0.3 is 0 Å². The first-order chi connectivity index (χ1) is 10.3. The highest BCUT2D eigenvalue weighted by molar-refractivity contribution is 5.39. The van der Waals surface area contributed by atoms with E-state index in [1.165, 1.54) is 57.5 Å². The molecule has 0 radical (unpaired) electrons. The zero-order valence-corrected chi connectivity index (χ0v) is 12.9. The molecule has 116 valence electrons. The molecule has 4 heteroatoms. The van der Waals surface area contributed by atoms with Crippen LogP contribution >= 0.6 is 0 Å². The van der Waals surface area contributed by atoms with E-state index in [-0.39, 0.29) is 0 Å². The van der Waals surface area contributed by atoms with Crippen molar-refractivity contribution in [3.05, 3.63) is 29.8 Å². The lowest BCUT2D eigenvalue weighted by atomic mass is 9.99. The first kappa shape index (κ1) is 14.8. The monoisotopic (exact) mass is 288 g/mol. The summed E-state index contributed by atoms with van der Waals surface area (Å²) in [5, 5.41) is 3.31. The summed E-state index contributed by atoms with van der Waals surface area (Å²) in [6, 6.07) is 8.23. The van der Waals surface area contributed by atoms with Crippen LogP contribution in [0.5, 0.6) is 0 Å². The normalized spacial score (nSPS) is 28.2. The molecule has 4 fully saturated rings. The standard InChI is InChI=1S/C12H18N2.C5H10N2/c13-12-6-4-11(5-7-12)10-14-8-2-1-3-9-14;1-5-2-7(3-5)4-6-1/h4-7H,1-3,8-10,13H2;5-6H,1-4H2. The molecule has 4 nitrogen and oxygen atoms in total. The van der Waals surface area contributed by atoms with Crippen LogP contribution < -0.4 is 11.1 Å². The minimum Gasteiger partial charge on any atom is -0.399 e. The van der Waals surface area contributed by atoms with E-state index in [1.54, 1.807) is 0 Å². The Morgan fingerprint density at radius 1 is 1.05 bits per heavy atom. The maximum atomic E-state index is 5.65. The van der Waals surface area contributed by atoms with Crippen molar-refractivity contribution >= 4 is 5.69 Å². The van der Waals surface area contributed by atoms with Gasteiger partial charge in [-0.3, -0.25) is 9.80 Å². The molecule has 4 aliphatic rings. The molecule has 0 atom stereocenters. The lowest BCUT2D eigenvalue weighted by molar-refractivity contribution is 0.0449. The number of nitrogens with one attached hydrogen (secondary N) is 1. The molecule has 1 aromatic rings. The Labute approximate surface area is 128 Å². The van der Waals surface area contributed by atoms with Gasteiger partial charge in [0, 0.05) is 38.5 Å². The molecular weight excluding hydrogens is 260 g/mol. The van der Waals surface area contributed by atoms with Crippen LogP contribution in [0.15, 0.2) is 24.3 Å². The summed E-state index contributed by atoms with van der Waals surface area (Å²) in [6.07, 6.45) is 4.11. The highest BCUT2D eigenvalue weighted by atomic mass is 15.3. The summed E-state index contributed by atoms with van der Waals surface area (Å²) in [4.78, 5) is 4.95. The molecule has 5 rings (SSSR count). The lowest BCUT2D eigenvalue weighted by Crippen LogP contribution is -2.59. The molecule has 3 N–H and O–H groups in total. The van der Waals surface area contributed by atoms with E-state index >= 15 is 0 Å². The predicted octanol–water partition coefficient (Wildman–Crippen LogP) is 1.73. The fraction of sp³-hybridized carbons (Fsp3) is 0.647. The molecule has 2 bridgehead atoms. The number of benzene rings is 1. The largest absolute Gasteiger partial charge is 0.399 e. The van der Waals surface area contributed by atoms with Gasteiger partial charge in [-0.15, -0.1) is 0 Å². The number of nitrogen functional groups attached to an aromatic ring is 1. The van der Waals surface area contributed by atoms with E-state index in [2.05, 4.69) is 27.2 Å². The third kappa shape index (κ3) is 4.43. The number of likely N-dealkylation sites (tertiary alicyclic amines) is 1. The Kier molecular flexibility index (Phi) is 5.12. The number of anilines is 1. The van der Waals surface area contributed by atoms with Crippen molar-refractivity contribution in [2.24, 2.45) is 5.92 Å². The smallest absolute Gasteiger partial charge is 0.0480 e. The number of fused-ring (bicyclic) bond motifs is 2. The molecule has 4 saturated heterocycles. The first-order valence-corrected chi connectivity index (χ1v) is 8.29. The van der Waals surface area contributed by atoms with Crippen molar-refractivity contribution in [2.45, 2.75) is 25.8 Å². The van der Waals surface area contributed by atoms with E-state index in [0.29, 0.717) is 0 Å². The molecule has 0 aromatic heterocycles. The second-order valence-corrected chi connectivity index (χ2v) is 6.59. The number of hydrogen-bond acceptors (Lipinski definition) is 4. The maximum Gasteiger partial charge on any atom is 0.0480 e. The van der Waals surface area contributed by atoms with Crippen LogP contribution in [0.25, 0.3) is 0 Å². The summed E-state index contributed by atoms with van der Waals surface area (Å²) >= 11 is 0. The Balaban J connectivity index is 0.000000156. The summed E-state index contributed by atoms with van der Waals surface area (Å²) < 4.78 is 0. The molecule has 0 unspecified atom stereocenters. The third-order valence-electron chi connectivity index (χ3n) is 4.64. The maximum absolute atomic E-state index is 5.65. The first-order valence-electron chi connectivity index (χ1n) is 8.29. The van der Waals surface area contributed by atoms with E-state index in [9.17, 15) is 0 Å². The zero-order chi connectivity index (χ0) is 14.5. The molecule has 0 aliphatic carbocycles. The minimum atomic E-state index is 0.854. The van der Waals surface area contributed by atoms with Gasteiger partial charge in [0.05, 0.1) is 0 Å². The van der Waals surface area contributed by atoms with E-state index in [0.717, 1.165) is 24.8 Å². The van der Waals surface area contributed by atoms with Crippen molar-refractivity contribution < 1.29 is 0 Å². The zero-order valence-electron chi connectivity index (χ0n) is 12.9. The quantitative estimate of drug-likeness (QED) is 0.814. The molecule has 0 saturated carbocycles. The van der Waals surface area contributed by atoms with Crippen molar-refractivity contribution in [1.82, 2.24) is 15.1 Å². The van der Waals surface area contributed by atoms with Crippen molar-refractivity contribution in [2.75, 3.05) is 45.1 Å². The van der Waals surface area contributed by atoms with Gasteiger partial charge in [0.15, 0.2) is 0 Å². The highest BCUT2D eigenvalue weighted by Gasteiger charge is 2.29. The number of rotatable bonds is 2. The highest BCUT2D eigenvalue weighted by Crippen LogP contribution is 2.16. The van der Waals surface area contributed by atoms with Gasteiger partial charge in [0.2, 0.25) is 0 Å². The molecular formula is C17H28N4. The molecule has 4 heterocycles. The van der Waals surface area contributed by atoms with Crippen LogP contribution in [0.3, 0.4) is 0 Å². The number of hydrogen-bond donors (Lipinski definition) is 2. The van der Waals surface area contributed by atoms with E-state index in [1.807, 2.05) is 12.1 Å². The number of piperidine rings is 1. The second-order valence-electron chi connectivity index (χ2n) is 6.59. The summed E-state index contributed by atoms with van der Waals surface area (Å²) in [5.74, 6) is 0.994. The van der Waals surface area contributed by atoms with Crippen molar-refractivity contribution in [3.8, 4) is 0 Å². The SMILES string of the molecule is C1NCN2CC1C2.Nc1ccc(CN2CCCCC2)cc1. The van der Waals surface area contributed by atoms with Crippen LogP contribution in [-0.4, -0.2) is 49.2 Å². The average Bonchev–Trinajstić information content (AvgIpc) is 2.52. The van der Waals surface area contributed by atoms with Gasteiger partial charge in [-0.1, -0.05) is 18.6 Å². The van der Waals surface area contributed by atoms with Gasteiger partial charge in [-0.2, -0.15) is 0 Å². The summed E-state index contributed by atoms with van der Waals surface area (Å²) in [6.45, 7) is 8.70. The Bertz CT molecular complexity index is 405. The van der Waals surface area contributed by atoms with Crippen LogP contribution in [0, 0.1) is 5.92 Å². The Morgan fingerprint density at radius 3 is 2.24 bits per heavy atom. The molecule has 0 amide bonds. The lowest BCUT2D eigenvalue weighted by Gasteiger charge is -2.44. The average molecular weight is 288 g/mol. The topological polar surface area (TPSA) is 44.5 Å². The van der Waals surface area contributed by atoms with Crippen molar-refractivity contribution in [1.29, 1.82) is 0 Å². The van der Waals surface area contributed by atoms with Crippen LogP contribution in [-0.2, 0) is 6.54 Å². The van der Waals surface area contributed by atoms with Gasteiger partial charge < -0.3 is 11.1 Å². The number of nitrogens with two attached hydrogens (primary N) is 1. The molecule has 1 aromatic carbocycles. The molecule has 4 aliphatic heterocycles. The predicted molar refractivity (Wildman–Crippen MR) is 87.9 cm³/mol. The van der Waals surface area contributed by atoms with Gasteiger partial charge in [0.25, 0.3) is 0 Å². The summed E-state index contributed by atoms with van der Waals surface area (Å²) in [5.41, 5.74) is 7.88. The Hall–Kier alpha value is -1.10.